The number of hydrogen-bond acceptors (Lipinski definition) is 6. The van der Waals surface area contributed by atoms with E-state index in [0.29, 0.717) is 17.5 Å². The minimum atomic E-state index is -0.339. The SMILES string of the molecule is CC1CCC(C(=O)N2CCC(N(N)CC(=O)N3CSC[C@H]3C#N)CC2)CC1. The van der Waals surface area contributed by atoms with E-state index in [4.69, 9.17) is 11.1 Å². The van der Waals surface area contributed by atoms with Crippen LogP contribution in [-0.2, 0) is 9.59 Å². The zero-order chi connectivity index (χ0) is 19.4. The number of piperidine rings is 1. The first-order valence-electron chi connectivity index (χ1n) is 10.1. The Morgan fingerprint density at radius 3 is 2.48 bits per heavy atom. The van der Waals surface area contributed by atoms with Crippen LogP contribution < -0.4 is 5.84 Å². The summed E-state index contributed by atoms with van der Waals surface area (Å²) in [5, 5.41) is 10.7. The van der Waals surface area contributed by atoms with Gasteiger partial charge in [0.2, 0.25) is 11.8 Å². The van der Waals surface area contributed by atoms with Crippen molar-refractivity contribution in [3.8, 4) is 6.07 Å². The fraction of sp³-hybridized carbons (Fsp3) is 0.842. The van der Waals surface area contributed by atoms with E-state index < -0.39 is 0 Å². The maximum absolute atomic E-state index is 12.7. The van der Waals surface area contributed by atoms with Crippen molar-refractivity contribution >= 4 is 23.6 Å². The van der Waals surface area contributed by atoms with Crippen LogP contribution in [0.25, 0.3) is 0 Å². The molecule has 3 fully saturated rings. The first-order chi connectivity index (χ1) is 13.0. The van der Waals surface area contributed by atoms with Crippen molar-refractivity contribution in [1.82, 2.24) is 14.8 Å². The van der Waals surface area contributed by atoms with Crippen molar-refractivity contribution in [1.29, 1.82) is 5.26 Å². The molecule has 2 amide bonds. The number of nitrogens with two attached hydrogens (primary N) is 1. The highest BCUT2D eigenvalue weighted by atomic mass is 32.2. The molecule has 2 saturated heterocycles. The number of nitriles is 1. The van der Waals surface area contributed by atoms with Gasteiger partial charge in [0, 0.05) is 30.8 Å². The van der Waals surface area contributed by atoms with Gasteiger partial charge in [0.1, 0.15) is 6.04 Å². The van der Waals surface area contributed by atoms with Crippen molar-refractivity contribution < 1.29 is 9.59 Å². The van der Waals surface area contributed by atoms with E-state index in [1.54, 1.807) is 21.7 Å². The second kappa shape index (κ2) is 9.26. The van der Waals surface area contributed by atoms with Gasteiger partial charge in [-0.1, -0.05) is 6.92 Å². The lowest BCUT2D eigenvalue weighted by atomic mass is 9.82. The predicted molar refractivity (Wildman–Crippen MR) is 105 cm³/mol. The molecule has 2 N–H and O–H groups in total. The zero-order valence-electron chi connectivity index (χ0n) is 16.2. The Morgan fingerprint density at radius 2 is 1.85 bits per heavy atom. The van der Waals surface area contributed by atoms with Gasteiger partial charge in [0.05, 0.1) is 18.5 Å². The Hall–Kier alpha value is -1.30. The molecule has 2 aliphatic heterocycles. The molecule has 1 atom stereocenters. The molecule has 7 nitrogen and oxygen atoms in total. The number of amides is 2. The third kappa shape index (κ3) is 4.95. The Bertz CT molecular complexity index is 579. The summed E-state index contributed by atoms with van der Waals surface area (Å²) in [4.78, 5) is 28.8. The van der Waals surface area contributed by atoms with Crippen LogP contribution in [0.15, 0.2) is 0 Å². The standard InChI is InChI=1S/C19H31N5O2S/c1-14-2-4-15(5-3-14)19(26)22-8-6-16(7-9-22)24(21)11-18(25)23-13-27-12-17(23)10-20/h14-17H,2-9,11-13,21H2,1H3/t14?,15?,17-/m1/s1. The molecular formula is C19H31N5O2S. The predicted octanol–water partition coefficient (Wildman–Crippen LogP) is 1.40. The molecule has 0 aromatic heterocycles. The van der Waals surface area contributed by atoms with Crippen LogP contribution in [0.4, 0.5) is 0 Å². The first-order valence-corrected chi connectivity index (χ1v) is 11.2. The maximum Gasteiger partial charge on any atom is 0.239 e. The Kier molecular flexibility index (Phi) is 7.01. The summed E-state index contributed by atoms with van der Waals surface area (Å²) in [5.41, 5.74) is 0. The fourth-order valence-electron chi connectivity index (χ4n) is 4.35. The van der Waals surface area contributed by atoms with Crippen LogP contribution in [0.1, 0.15) is 45.4 Å². The highest BCUT2D eigenvalue weighted by molar-refractivity contribution is 7.99. The largest absolute Gasteiger partial charge is 0.342 e. The van der Waals surface area contributed by atoms with Gasteiger partial charge < -0.3 is 9.80 Å². The van der Waals surface area contributed by atoms with E-state index in [0.717, 1.165) is 57.5 Å². The maximum atomic E-state index is 12.7. The smallest absolute Gasteiger partial charge is 0.239 e. The van der Waals surface area contributed by atoms with Crippen molar-refractivity contribution in [2.45, 2.75) is 57.5 Å². The molecular weight excluding hydrogens is 362 g/mol. The van der Waals surface area contributed by atoms with E-state index in [1.165, 1.54) is 0 Å². The molecule has 3 aliphatic rings. The third-order valence-electron chi connectivity index (χ3n) is 6.28. The van der Waals surface area contributed by atoms with E-state index in [1.807, 2.05) is 4.90 Å². The number of thioether (sulfide) groups is 1. The van der Waals surface area contributed by atoms with Crippen LogP contribution in [0.3, 0.4) is 0 Å². The molecule has 0 radical (unpaired) electrons. The van der Waals surface area contributed by atoms with E-state index in [-0.39, 0.29) is 30.5 Å². The lowest BCUT2D eigenvalue weighted by Gasteiger charge is -2.38. The number of hydrogen-bond donors (Lipinski definition) is 1. The number of rotatable bonds is 4. The number of carbonyl (C=O) groups is 2. The van der Waals surface area contributed by atoms with Crippen molar-refractivity contribution in [3.05, 3.63) is 0 Å². The summed E-state index contributed by atoms with van der Waals surface area (Å²) in [6.45, 7) is 3.84. The summed E-state index contributed by atoms with van der Waals surface area (Å²) in [5.74, 6) is 8.59. The molecule has 0 aromatic rings. The van der Waals surface area contributed by atoms with Gasteiger partial charge in [-0.15, -0.1) is 11.8 Å². The van der Waals surface area contributed by atoms with Crippen molar-refractivity contribution in [2.75, 3.05) is 31.3 Å². The van der Waals surface area contributed by atoms with Crippen LogP contribution in [0.5, 0.6) is 0 Å². The summed E-state index contributed by atoms with van der Waals surface area (Å²) < 4.78 is 0. The zero-order valence-corrected chi connectivity index (χ0v) is 17.0. The molecule has 27 heavy (non-hydrogen) atoms. The topological polar surface area (TPSA) is 93.7 Å². The molecule has 0 bridgehead atoms. The van der Waals surface area contributed by atoms with Crippen molar-refractivity contribution in [2.24, 2.45) is 17.7 Å². The van der Waals surface area contributed by atoms with Gasteiger partial charge in [-0.25, -0.2) is 5.01 Å². The van der Waals surface area contributed by atoms with Crippen LogP contribution in [0.2, 0.25) is 0 Å². The van der Waals surface area contributed by atoms with E-state index in [9.17, 15) is 9.59 Å². The number of likely N-dealkylation sites (tertiary alicyclic amines) is 1. The fourth-order valence-corrected chi connectivity index (χ4v) is 5.46. The summed E-state index contributed by atoms with van der Waals surface area (Å²) in [6, 6.07) is 1.95. The average molecular weight is 394 g/mol. The monoisotopic (exact) mass is 393 g/mol. The number of carbonyl (C=O) groups excluding carboxylic acids is 2. The van der Waals surface area contributed by atoms with Gasteiger partial charge in [0.25, 0.3) is 0 Å². The molecule has 0 aromatic carbocycles. The summed E-state index contributed by atoms with van der Waals surface area (Å²) in [7, 11) is 0. The highest BCUT2D eigenvalue weighted by Gasteiger charge is 2.34. The Balaban J connectivity index is 1.44. The van der Waals surface area contributed by atoms with E-state index >= 15 is 0 Å². The average Bonchev–Trinajstić information content (AvgIpc) is 3.17. The Morgan fingerprint density at radius 1 is 1.19 bits per heavy atom. The molecule has 150 valence electrons. The van der Waals surface area contributed by atoms with Gasteiger partial charge in [-0.05, 0) is 44.4 Å². The van der Waals surface area contributed by atoms with Gasteiger partial charge in [0.15, 0.2) is 0 Å². The van der Waals surface area contributed by atoms with Crippen LogP contribution >= 0.6 is 11.8 Å². The second-order valence-corrected chi connectivity index (χ2v) is 9.19. The molecule has 0 spiro atoms. The minimum Gasteiger partial charge on any atom is -0.342 e. The van der Waals surface area contributed by atoms with Crippen molar-refractivity contribution in [3.63, 3.8) is 0 Å². The quantitative estimate of drug-likeness (QED) is 0.573. The molecule has 1 saturated carbocycles. The number of nitrogens with zero attached hydrogens (tertiary/aromatic N) is 4. The molecule has 8 heteroatoms. The molecule has 0 unspecified atom stereocenters. The normalized spacial score (nSPS) is 29.8. The van der Waals surface area contributed by atoms with Crippen LogP contribution in [-0.4, -0.2) is 70.0 Å². The Labute approximate surface area is 166 Å². The summed E-state index contributed by atoms with van der Waals surface area (Å²) in [6.07, 6.45) is 5.95. The van der Waals surface area contributed by atoms with E-state index in [2.05, 4.69) is 13.0 Å². The first kappa shape index (κ1) is 20.4. The number of hydrazine groups is 1. The molecule has 3 rings (SSSR count). The second-order valence-electron chi connectivity index (χ2n) is 8.19. The lowest BCUT2D eigenvalue weighted by Crippen LogP contribution is -2.53. The third-order valence-corrected chi connectivity index (χ3v) is 7.29. The summed E-state index contributed by atoms with van der Waals surface area (Å²) >= 11 is 1.60. The van der Waals surface area contributed by atoms with Gasteiger partial charge in [-0.3, -0.25) is 15.4 Å². The molecule has 1 aliphatic carbocycles. The highest BCUT2D eigenvalue weighted by Crippen LogP contribution is 2.30. The van der Waals surface area contributed by atoms with Gasteiger partial charge in [-0.2, -0.15) is 5.26 Å². The molecule has 2 heterocycles. The van der Waals surface area contributed by atoms with Crippen LogP contribution in [0, 0.1) is 23.2 Å². The van der Waals surface area contributed by atoms with Gasteiger partial charge >= 0.3 is 0 Å². The lowest BCUT2D eigenvalue weighted by molar-refractivity contribution is -0.139. The minimum absolute atomic E-state index is 0.0797.